The first-order valence-electron chi connectivity index (χ1n) is 9.85. The van der Waals surface area contributed by atoms with Crippen LogP contribution in [0.5, 0.6) is 0 Å². The van der Waals surface area contributed by atoms with Crippen LogP contribution in [-0.4, -0.2) is 22.0 Å². The molecule has 0 spiro atoms. The van der Waals surface area contributed by atoms with E-state index in [1.165, 1.54) is 22.8 Å². The Bertz CT molecular complexity index is 1130. The maximum atomic E-state index is 14.7. The fraction of sp³-hybridized carbons (Fsp3) is 0.409. The Labute approximate surface area is 173 Å². The van der Waals surface area contributed by atoms with Gasteiger partial charge >= 0.3 is 18.0 Å². The largest absolute Gasteiger partial charge is 0.435 e. The molecule has 2 aromatic carbocycles. The second kappa shape index (κ2) is 8.18. The van der Waals surface area contributed by atoms with Crippen LogP contribution in [-0.2, 0) is 12.2 Å². The molecule has 0 amide bonds. The van der Waals surface area contributed by atoms with Crippen molar-refractivity contribution in [3.8, 4) is 0 Å². The predicted molar refractivity (Wildman–Crippen MR) is 106 cm³/mol. The normalized spacial score (nSPS) is 14.8. The highest BCUT2D eigenvalue weighted by atomic mass is 19.4. The fourth-order valence-corrected chi connectivity index (χ4v) is 3.79. The van der Waals surface area contributed by atoms with E-state index in [0.717, 1.165) is 25.3 Å². The third-order valence-electron chi connectivity index (χ3n) is 5.42. The number of nitrogens with zero attached hydrogens (tertiary/aromatic N) is 1. The van der Waals surface area contributed by atoms with Gasteiger partial charge in [-0.05, 0) is 30.0 Å². The molecule has 9 heteroatoms. The quantitative estimate of drug-likeness (QED) is 0.273. The highest BCUT2D eigenvalue weighted by Crippen LogP contribution is 2.51. The first kappa shape index (κ1) is 23.1. The van der Waals surface area contributed by atoms with E-state index >= 15 is 0 Å². The highest BCUT2D eigenvalue weighted by molar-refractivity contribution is 6.05. The van der Waals surface area contributed by atoms with Crippen molar-refractivity contribution in [1.82, 2.24) is 4.57 Å². The van der Waals surface area contributed by atoms with E-state index in [1.54, 1.807) is 6.07 Å². The lowest BCUT2D eigenvalue weighted by molar-refractivity contribution is -0.375. The summed E-state index contributed by atoms with van der Waals surface area (Å²) in [6.07, 6.45) is -8.43. The Morgan fingerprint density at radius 3 is 2.10 bits per heavy atom. The number of alkyl halides is 6. The standard InChI is InChI=1S/C22H21F6NO2/c1-2-3-4-7-12-29-18-11-10-14(20(23,21(24,25)26)22(27,28)31)13-17(18)15-8-5-6-9-16(15)19(29)30/h5-6,8-11,13,31H,2-4,7,12H2,1H3. The first-order chi connectivity index (χ1) is 14.4. The molecule has 1 heterocycles. The number of hydrogen-bond acceptors (Lipinski definition) is 2. The molecular formula is C22H21F6NO2. The van der Waals surface area contributed by atoms with Crippen molar-refractivity contribution in [1.29, 1.82) is 0 Å². The summed E-state index contributed by atoms with van der Waals surface area (Å²) >= 11 is 0. The van der Waals surface area contributed by atoms with Gasteiger partial charge in [-0.2, -0.15) is 22.0 Å². The summed E-state index contributed by atoms with van der Waals surface area (Å²) in [5.74, 6) is 0. The SMILES string of the molecule is CCCCCCn1c(=O)c2ccccc2c2cc(C(F)(C(O)(F)F)C(F)(F)F)ccc21. The summed E-state index contributed by atoms with van der Waals surface area (Å²) in [5, 5.41) is 9.19. The van der Waals surface area contributed by atoms with E-state index in [1.807, 2.05) is 6.92 Å². The lowest BCUT2D eigenvalue weighted by Crippen LogP contribution is -2.52. The smallest absolute Gasteiger partial charge is 0.333 e. The molecule has 31 heavy (non-hydrogen) atoms. The van der Waals surface area contributed by atoms with Crippen LogP contribution in [0.1, 0.15) is 38.2 Å². The second-order valence-corrected chi connectivity index (χ2v) is 7.49. The molecule has 1 atom stereocenters. The number of aliphatic hydroxyl groups is 1. The molecule has 3 nitrogen and oxygen atoms in total. The minimum Gasteiger partial charge on any atom is -0.333 e. The van der Waals surface area contributed by atoms with Crippen molar-refractivity contribution < 1.29 is 31.4 Å². The summed E-state index contributed by atoms with van der Waals surface area (Å²) in [7, 11) is 0. The Kier molecular flexibility index (Phi) is 6.10. The topological polar surface area (TPSA) is 42.2 Å². The van der Waals surface area contributed by atoms with Gasteiger partial charge in [-0.25, -0.2) is 4.39 Å². The zero-order valence-corrected chi connectivity index (χ0v) is 16.6. The van der Waals surface area contributed by atoms with Gasteiger partial charge < -0.3 is 9.67 Å². The van der Waals surface area contributed by atoms with Crippen molar-refractivity contribution in [3.63, 3.8) is 0 Å². The van der Waals surface area contributed by atoms with Gasteiger partial charge in [-0.15, -0.1) is 0 Å². The number of fused-ring (bicyclic) bond motifs is 3. The fourth-order valence-electron chi connectivity index (χ4n) is 3.79. The molecule has 168 valence electrons. The Hall–Kier alpha value is -2.55. The average Bonchev–Trinajstić information content (AvgIpc) is 2.70. The van der Waals surface area contributed by atoms with Crippen LogP contribution in [0.15, 0.2) is 47.3 Å². The summed E-state index contributed by atoms with van der Waals surface area (Å²) in [6.45, 7) is 2.29. The van der Waals surface area contributed by atoms with Gasteiger partial charge in [0.15, 0.2) is 0 Å². The Balaban J connectivity index is 2.31. The van der Waals surface area contributed by atoms with Crippen molar-refractivity contribution in [3.05, 3.63) is 58.4 Å². The summed E-state index contributed by atoms with van der Waals surface area (Å²) in [4.78, 5) is 13.0. The number of benzene rings is 2. The van der Waals surface area contributed by atoms with Crippen LogP contribution in [0.4, 0.5) is 26.3 Å². The van der Waals surface area contributed by atoms with Gasteiger partial charge in [0.25, 0.3) is 5.56 Å². The van der Waals surface area contributed by atoms with Crippen molar-refractivity contribution in [2.75, 3.05) is 0 Å². The number of aromatic nitrogens is 1. The lowest BCUT2D eigenvalue weighted by Gasteiger charge is -2.32. The molecule has 0 bridgehead atoms. The third-order valence-corrected chi connectivity index (χ3v) is 5.42. The molecular weight excluding hydrogens is 424 g/mol. The summed E-state index contributed by atoms with van der Waals surface area (Å²) < 4.78 is 82.9. The molecule has 1 N–H and O–H groups in total. The molecule has 0 saturated carbocycles. The molecule has 1 unspecified atom stereocenters. The van der Waals surface area contributed by atoms with E-state index in [0.29, 0.717) is 18.6 Å². The van der Waals surface area contributed by atoms with E-state index in [4.69, 9.17) is 5.11 Å². The van der Waals surface area contributed by atoms with Crippen molar-refractivity contribution in [2.45, 2.75) is 57.1 Å². The average molecular weight is 445 g/mol. The van der Waals surface area contributed by atoms with Crippen LogP contribution in [0.2, 0.25) is 0 Å². The minimum absolute atomic E-state index is 0.0127. The monoisotopic (exact) mass is 445 g/mol. The van der Waals surface area contributed by atoms with Gasteiger partial charge in [0.2, 0.25) is 0 Å². The summed E-state index contributed by atoms with van der Waals surface area (Å²) in [5.41, 5.74) is -6.92. The number of rotatable bonds is 7. The van der Waals surface area contributed by atoms with Gasteiger partial charge in [0.1, 0.15) is 0 Å². The predicted octanol–water partition coefficient (Wildman–Crippen LogP) is 6.05. The first-order valence-corrected chi connectivity index (χ1v) is 9.85. The molecule has 1 aromatic heterocycles. The van der Waals surface area contributed by atoms with Crippen LogP contribution in [0.25, 0.3) is 21.7 Å². The maximum absolute atomic E-state index is 14.7. The number of hydrogen-bond donors (Lipinski definition) is 1. The highest BCUT2D eigenvalue weighted by Gasteiger charge is 2.72. The van der Waals surface area contributed by atoms with Gasteiger partial charge in [-0.1, -0.05) is 50.5 Å². The summed E-state index contributed by atoms with van der Waals surface area (Å²) in [6, 6.07) is 8.22. The van der Waals surface area contributed by atoms with Crippen LogP contribution in [0, 0.1) is 0 Å². The molecule has 0 radical (unpaired) electrons. The van der Waals surface area contributed by atoms with Crippen LogP contribution >= 0.6 is 0 Å². The van der Waals surface area contributed by atoms with E-state index in [2.05, 4.69) is 0 Å². The number of aryl methyl sites for hydroxylation is 1. The second-order valence-electron chi connectivity index (χ2n) is 7.49. The number of halogens is 6. The lowest BCUT2D eigenvalue weighted by atomic mass is 9.91. The molecule has 0 fully saturated rings. The minimum atomic E-state index is -6.08. The molecule has 0 aliphatic carbocycles. The number of pyridine rings is 1. The molecule has 0 aliphatic heterocycles. The van der Waals surface area contributed by atoms with Crippen LogP contribution in [0.3, 0.4) is 0 Å². The van der Waals surface area contributed by atoms with Crippen LogP contribution < -0.4 is 5.56 Å². The Morgan fingerprint density at radius 2 is 1.52 bits per heavy atom. The molecule has 0 aliphatic rings. The molecule has 3 rings (SSSR count). The maximum Gasteiger partial charge on any atom is 0.435 e. The van der Waals surface area contributed by atoms with Gasteiger partial charge in [0, 0.05) is 22.9 Å². The zero-order valence-electron chi connectivity index (χ0n) is 16.6. The Morgan fingerprint density at radius 1 is 0.871 bits per heavy atom. The zero-order chi connectivity index (χ0) is 23.0. The van der Waals surface area contributed by atoms with Crippen molar-refractivity contribution >= 4 is 21.7 Å². The van der Waals surface area contributed by atoms with E-state index in [-0.39, 0.29) is 33.8 Å². The number of unbranched alkanes of at least 4 members (excludes halogenated alkanes) is 3. The van der Waals surface area contributed by atoms with Gasteiger partial charge in [-0.3, -0.25) is 4.79 Å². The molecule has 3 aromatic rings. The van der Waals surface area contributed by atoms with Crippen molar-refractivity contribution in [2.24, 2.45) is 0 Å². The van der Waals surface area contributed by atoms with E-state index in [9.17, 15) is 31.1 Å². The van der Waals surface area contributed by atoms with E-state index < -0.39 is 23.5 Å². The third kappa shape index (κ3) is 3.91. The van der Waals surface area contributed by atoms with Gasteiger partial charge in [0.05, 0.1) is 5.52 Å². The molecule has 0 saturated heterocycles.